The summed E-state index contributed by atoms with van der Waals surface area (Å²) in [5, 5.41) is 0.664. The molecule has 0 saturated heterocycles. The van der Waals surface area contributed by atoms with E-state index in [-0.39, 0.29) is 0 Å². The molecule has 0 bridgehead atoms. The molecule has 0 radical (unpaired) electrons. The number of halogens is 1. The Kier molecular flexibility index (Phi) is 5.04. The summed E-state index contributed by atoms with van der Waals surface area (Å²) in [7, 11) is 0. The van der Waals surface area contributed by atoms with Gasteiger partial charge in [0.1, 0.15) is 18.1 Å². The van der Waals surface area contributed by atoms with Gasteiger partial charge in [0.2, 0.25) is 0 Å². The van der Waals surface area contributed by atoms with Crippen LogP contribution in [0.25, 0.3) is 0 Å². The van der Waals surface area contributed by atoms with Gasteiger partial charge in [-0.15, -0.1) is 0 Å². The van der Waals surface area contributed by atoms with Crippen LogP contribution in [0.2, 0.25) is 5.02 Å². The Labute approximate surface area is 118 Å². The molecule has 2 aromatic rings. The number of hydrogen-bond acceptors (Lipinski definition) is 3. The van der Waals surface area contributed by atoms with Gasteiger partial charge >= 0.3 is 0 Å². The van der Waals surface area contributed by atoms with Gasteiger partial charge in [0.05, 0.1) is 12.3 Å². The van der Waals surface area contributed by atoms with Gasteiger partial charge < -0.3 is 9.47 Å². The van der Waals surface area contributed by atoms with Gasteiger partial charge in [0.25, 0.3) is 0 Å². The molecule has 0 saturated carbocycles. The average molecular weight is 278 g/mol. The third kappa shape index (κ3) is 4.45. The molecule has 3 nitrogen and oxygen atoms in total. The molecule has 0 amide bonds. The standard InChI is InChI=1S/C15H16ClNO2/c1-2-9-18-14-3-5-15(6-4-14)19-11-13-10-12(16)7-8-17-13/h3-8,10H,2,9,11H2,1H3. The molecule has 0 fully saturated rings. The minimum Gasteiger partial charge on any atom is -0.494 e. The summed E-state index contributed by atoms with van der Waals surface area (Å²) >= 11 is 5.88. The molecular formula is C15H16ClNO2. The number of pyridine rings is 1. The largest absolute Gasteiger partial charge is 0.494 e. The molecule has 0 unspecified atom stereocenters. The SMILES string of the molecule is CCCOc1ccc(OCc2cc(Cl)ccn2)cc1. The van der Waals surface area contributed by atoms with Crippen LogP contribution in [-0.4, -0.2) is 11.6 Å². The van der Waals surface area contributed by atoms with Crippen LogP contribution in [-0.2, 0) is 6.61 Å². The summed E-state index contributed by atoms with van der Waals surface area (Å²) in [4.78, 5) is 4.18. The molecule has 0 aliphatic rings. The maximum absolute atomic E-state index is 5.88. The second-order valence-electron chi connectivity index (χ2n) is 4.07. The first-order valence-corrected chi connectivity index (χ1v) is 6.62. The molecule has 0 spiro atoms. The molecule has 0 atom stereocenters. The lowest BCUT2D eigenvalue weighted by molar-refractivity contribution is 0.297. The number of rotatable bonds is 6. The molecule has 1 aromatic heterocycles. The van der Waals surface area contributed by atoms with Crippen LogP contribution in [0, 0.1) is 0 Å². The smallest absolute Gasteiger partial charge is 0.130 e. The summed E-state index contributed by atoms with van der Waals surface area (Å²) < 4.78 is 11.1. The van der Waals surface area contributed by atoms with Crippen molar-refractivity contribution in [3.05, 3.63) is 53.3 Å². The summed E-state index contributed by atoms with van der Waals surface area (Å²) in [5.41, 5.74) is 0.804. The second kappa shape index (κ2) is 7.00. The molecule has 0 aliphatic carbocycles. The quantitative estimate of drug-likeness (QED) is 0.796. The lowest BCUT2D eigenvalue weighted by Crippen LogP contribution is -1.98. The Hall–Kier alpha value is -1.74. The normalized spacial score (nSPS) is 10.2. The fraction of sp³-hybridized carbons (Fsp3) is 0.267. The zero-order valence-corrected chi connectivity index (χ0v) is 11.6. The van der Waals surface area contributed by atoms with Gasteiger partial charge in [-0.25, -0.2) is 0 Å². The van der Waals surface area contributed by atoms with E-state index in [2.05, 4.69) is 11.9 Å². The minimum atomic E-state index is 0.399. The zero-order chi connectivity index (χ0) is 13.5. The fourth-order valence-corrected chi connectivity index (χ4v) is 1.72. The van der Waals surface area contributed by atoms with Gasteiger partial charge in [-0.1, -0.05) is 18.5 Å². The highest BCUT2D eigenvalue weighted by Gasteiger charge is 1.99. The van der Waals surface area contributed by atoms with Crippen molar-refractivity contribution in [3.8, 4) is 11.5 Å². The van der Waals surface area contributed by atoms with E-state index >= 15 is 0 Å². The summed E-state index contributed by atoms with van der Waals surface area (Å²) in [5.74, 6) is 1.64. The zero-order valence-electron chi connectivity index (χ0n) is 10.8. The highest BCUT2D eigenvalue weighted by molar-refractivity contribution is 6.30. The number of nitrogens with zero attached hydrogens (tertiary/aromatic N) is 1. The van der Waals surface area contributed by atoms with Gasteiger partial charge in [-0.2, -0.15) is 0 Å². The number of aromatic nitrogens is 1. The van der Waals surface area contributed by atoms with E-state index in [9.17, 15) is 0 Å². The van der Waals surface area contributed by atoms with Crippen molar-refractivity contribution in [2.24, 2.45) is 0 Å². The number of ether oxygens (including phenoxy) is 2. The Morgan fingerprint density at radius 3 is 2.37 bits per heavy atom. The van der Waals surface area contributed by atoms with Crippen LogP contribution in [0.4, 0.5) is 0 Å². The van der Waals surface area contributed by atoms with E-state index in [0.717, 1.165) is 30.2 Å². The van der Waals surface area contributed by atoms with Crippen molar-refractivity contribution >= 4 is 11.6 Å². The lowest BCUT2D eigenvalue weighted by atomic mass is 10.3. The average Bonchev–Trinajstić information content (AvgIpc) is 2.44. The van der Waals surface area contributed by atoms with Gasteiger partial charge in [-0.3, -0.25) is 4.98 Å². The molecule has 100 valence electrons. The molecule has 0 N–H and O–H groups in total. The van der Waals surface area contributed by atoms with Gasteiger partial charge in [0.15, 0.2) is 0 Å². The molecular weight excluding hydrogens is 262 g/mol. The summed E-state index contributed by atoms with van der Waals surface area (Å²) in [6.45, 7) is 3.21. The van der Waals surface area contributed by atoms with Crippen molar-refractivity contribution in [2.45, 2.75) is 20.0 Å². The first kappa shape index (κ1) is 13.7. The van der Waals surface area contributed by atoms with Crippen molar-refractivity contribution in [1.82, 2.24) is 4.98 Å². The Balaban J connectivity index is 1.89. The first-order valence-electron chi connectivity index (χ1n) is 6.24. The van der Waals surface area contributed by atoms with E-state index < -0.39 is 0 Å². The summed E-state index contributed by atoms with van der Waals surface area (Å²) in [6, 6.07) is 11.1. The van der Waals surface area contributed by atoms with Crippen LogP contribution in [0.1, 0.15) is 19.0 Å². The Morgan fingerprint density at radius 1 is 1.05 bits per heavy atom. The van der Waals surface area contributed by atoms with Crippen LogP contribution >= 0.6 is 11.6 Å². The predicted molar refractivity (Wildman–Crippen MR) is 75.8 cm³/mol. The van der Waals surface area contributed by atoms with Gasteiger partial charge in [0, 0.05) is 11.2 Å². The van der Waals surface area contributed by atoms with E-state index in [1.54, 1.807) is 18.3 Å². The highest BCUT2D eigenvalue weighted by atomic mass is 35.5. The molecule has 19 heavy (non-hydrogen) atoms. The van der Waals surface area contributed by atoms with Crippen LogP contribution < -0.4 is 9.47 Å². The van der Waals surface area contributed by atoms with Crippen molar-refractivity contribution in [2.75, 3.05) is 6.61 Å². The van der Waals surface area contributed by atoms with Crippen molar-refractivity contribution in [3.63, 3.8) is 0 Å². The molecule has 1 aromatic carbocycles. The van der Waals surface area contributed by atoms with Crippen molar-refractivity contribution < 1.29 is 9.47 Å². The molecule has 0 aliphatic heterocycles. The third-order valence-corrected chi connectivity index (χ3v) is 2.70. The number of hydrogen-bond donors (Lipinski definition) is 0. The monoisotopic (exact) mass is 277 g/mol. The summed E-state index contributed by atoms with van der Waals surface area (Å²) in [6.07, 6.45) is 2.67. The van der Waals surface area contributed by atoms with Crippen LogP contribution in [0.3, 0.4) is 0 Å². The highest BCUT2D eigenvalue weighted by Crippen LogP contribution is 2.19. The third-order valence-electron chi connectivity index (χ3n) is 2.46. The molecule has 1 heterocycles. The van der Waals surface area contributed by atoms with Crippen LogP contribution in [0.15, 0.2) is 42.6 Å². The lowest BCUT2D eigenvalue weighted by Gasteiger charge is -2.08. The van der Waals surface area contributed by atoms with Gasteiger partial charge in [-0.05, 0) is 42.8 Å². The second-order valence-corrected chi connectivity index (χ2v) is 4.51. The van der Waals surface area contributed by atoms with E-state index in [4.69, 9.17) is 21.1 Å². The Morgan fingerprint density at radius 2 is 1.74 bits per heavy atom. The van der Waals surface area contributed by atoms with E-state index in [0.29, 0.717) is 11.6 Å². The topological polar surface area (TPSA) is 31.4 Å². The van der Waals surface area contributed by atoms with E-state index in [1.165, 1.54) is 0 Å². The van der Waals surface area contributed by atoms with Crippen molar-refractivity contribution in [1.29, 1.82) is 0 Å². The van der Waals surface area contributed by atoms with Crippen LogP contribution in [0.5, 0.6) is 11.5 Å². The first-order chi connectivity index (χ1) is 9.28. The Bertz CT molecular complexity index is 514. The predicted octanol–water partition coefficient (Wildman–Crippen LogP) is 4.10. The van der Waals surface area contributed by atoms with E-state index in [1.807, 2.05) is 24.3 Å². The minimum absolute atomic E-state index is 0.399. The maximum Gasteiger partial charge on any atom is 0.130 e. The maximum atomic E-state index is 5.88. The fourth-order valence-electron chi connectivity index (χ4n) is 1.54. The molecule has 4 heteroatoms. The number of benzene rings is 1. The molecule has 2 rings (SSSR count).